The van der Waals surface area contributed by atoms with Gasteiger partial charge in [-0.15, -0.1) is 0 Å². The van der Waals surface area contributed by atoms with Gasteiger partial charge in [0.25, 0.3) is 0 Å². The zero-order valence-corrected chi connectivity index (χ0v) is 19.6. The second kappa shape index (κ2) is 13.4. The fourth-order valence-corrected chi connectivity index (χ4v) is 2.65. The summed E-state index contributed by atoms with van der Waals surface area (Å²) in [5.74, 6) is 0.650. The Hall–Kier alpha value is -1.76. The van der Waals surface area contributed by atoms with Gasteiger partial charge in [0.2, 0.25) is 0 Å². The van der Waals surface area contributed by atoms with Gasteiger partial charge in [-0.3, -0.25) is 0 Å². The van der Waals surface area contributed by atoms with E-state index in [4.69, 9.17) is 0 Å². The molecule has 0 amide bonds. The van der Waals surface area contributed by atoms with Crippen LogP contribution in [0.4, 0.5) is 0 Å². The highest BCUT2D eigenvalue weighted by molar-refractivity contribution is 5.55. The third kappa shape index (κ3) is 9.13. The molecule has 1 nitrogen and oxygen atoms in total. The first kappa shape index (κ1) is 25.2. The molecule has 0 saturated carbocycles. The van der Waals surface area contributed by atoms with E-state index >= 15 is 0 Å². The Bertz CT molecular complexity index is 646. The van der Waals surface area contributed by atoms with Crippen LogP contribution >= 0.6 is 0 Å². The van der Waals surface area contributed by atoms with Gasteiger partial charge in [-0.25, -0.2) is 0 Å². The Morgan fingerprint density at radius 1 is 0.815 bits per heavy atom. The first-order valence-corrected chi connectivity index (χ1v) is 10.5. The van der Waals surface area contributed by atoms with Gasteiger partial charge < -0.3 is 5.32 Å². The van der Waals surface area contributed by atoms with Crippen LogP contribution in [0.15, 0.2) is 69.5 Å². The van der Waals surface area contributed by atoms with E-state index in [1.54, 1.807) is 0 Å². The summed E-state index contributed by atoms with van der Waals surface area (Å²) >= 11 is 0. The zero-order valence-electron chi connectivity index (χ0n) is 19.6. The van der Waals surface area contributed by atoms with Crippen LogP contribution in [0.1, 0.15) is 81.6 Å². The summed E-state index contributed by atoms with van der Waals surface area (Å²) in [5, 5.41) is 3.15. The van der Waals surface area contributed by atoms with E-state index in [2.05, 4.69) is 91.9 Å². The van der Waals surface area contributed by atoms with Crippen molar-refractivity contribution in [2.75, 3.05) is 7.05 Å². The first-order valence-electron chi connectivity index (χ1n) is 10.5. The quantitative estimate of drug-likeness (QED) is 0.384. The molecule has 0 fully saturated rings. The Labute approximate surface area is 169 Å². The summed E-state index contributed by atoms with van der Waals surface area (Å²) in [6, 6.07) is 0. The van der Waals surface area contributed by atoms with Crippen LogP contribution in [-0.2, 0) is 0 Å². The molecule has 0 unspecified atom stereocenters. The lowest BCUT2D eigenvalue weighted by Gasteiger charge is -2.16. The molecule has 0 heterocycles. The molecule has 0 aliphatic rings. The van der Waals surface area contributed by atoms with Gasteiger partial charge >= 0.3 is 0 Å². The summed E-state index contributed by atoms with van der Waals surface area (Å²) in [5.41, 5.74) is 9.63. The molecular weight excluding hydrogens is 326 g/mol. The summed E-state index contributed by atoms with van der Waals surface area (Å²) < 4.78 is 0. The minimum atomic E-state index is 0.650. The highest BCUT2D eigenvalue weighted by Gasteiger charge is 2.10. The fourth-order valence-electron chi connectivity index (χ4n) is 2.65. The number of nitrogens with one attached hydrogen (secondary N) is 1. The molecule has 0 spiro atoms. The zero-order chi connectivity index (χ0) is 21.0. The first-order chi connectivity index (χ1) is 12.7. The minimum Gasteiger partial charge on any atom is -0.394 e. The Morgan fingerprint density at radius 2 is 1.37 bits per heavy atom. The highest BCUT2D eigenvalue weighted by atomic mass is 14.8. The Balaban J connectivity index is 6.26. The molecule has 0 bridgehead atoms. The maximum Gasteiger partial charge on any atom is 0.00277 e. The predicted molar refractivity (Wildman–Crippen MR) is 125 cm³/mol. The lowest BCUT2D eigenvalue weighted by Crippen LogP contribution is -2.00. The average Bonchev–Trinajstić information content (AvgIpc) is 2.66. The smallest absolute Gasteiger partial charge is 0.00277 e. The van der Waals surface area contributed by atoms with Crippen LogP contribution in [0, 0.1) is 5.92 Å². The lowest BCUT2D eigenvalue weighted by molar-refractivity contribution is 0.662. The molecular formula is C26H43N. The SMILES string of the molecule is CC/C(C)=C(/C=C\NC)C(=C/CC(C)C)\C(C)=C(C)\C=C/C(C)=C(\C)CC. The van der Waals surface area contributed by atoms with Crippen LogP contribution < -0.4 is 5.32 Å². The minimum absolute atomic E-state index is 0.650. The van der Waals surface area contributed by atoms with Gasteiger partial charge in [0.05, 0.1) is 0 Å². The molecule has 1 N–H and O–H groups in total. The van der Waals surface area contributed by atoms with E-state index in [1.165, 1.54) is 39.0 Å². The third-order valence-electron chi connectivity index (χ3n) is 5.27. The maximum atomic E-state index is 3.15. The predicted octanol–water partition coefficient (Wildman–Crippen LogP) is 8.06. The van der Waals surface area contributed by atoms with E-state index in [9.17, 15) is 0 Å². The van der Waals surface area contributed by atoms with E-state index in [-0.39, 0.29) is 0 Å². The number of hydrogen-bond donors (Lipinski definition) is 1. The maximum absolute atomic E-state index is 3.15. The van der Waals surface area contributed by atoms with Crippen molar-refractivity contribution < 1.29 is 0 Å². The van der Waals surface area contributed by atoms with Gasteiger partial charge in [-0.1, -0.05) is 62.6 Å². The molecule has 27 heavy (non-hydrogen) atoms. The molecule has 0 aliphatic carbocycles. The number of rotatable bonds is 10. The molecule has 0 rings (SSSR count). The van der Waals surface area contributed by atoms with Gasteiger partial charge in [0.1, 0.15) is 0 Å². The summed E-state index contributed by atoms with van der Waals surface area (Å²) in [7, 11) is 1.95. The van der Waals surface area contributed by atoms with Crippen LogP contribution in [0.5, 0.6) is 0 Å². The largest absolute Gasteiger partial charge is 0.394 e. The lowest BCUT2D eigenvalue weighted by atomic mass is 9.89. The van der Waals surface area contributed by atoms with E-state index in [1.807, 2.05) is 13.2 Å². The van der Waals surface area contributed by atoms with Crippen molar-refractivity contribution >= 4 is 0 Å². The van der Waals surface area contributed by atoms with E-state index < -0.39 is 0 Å². The summed E-state index contributed by atoms with van der Waals surface area (Å²) in [6.45, 7) is 20.2. The molecule has 1 heteroatoms. The van der Waals surface area contributed by atoms with E-state index in [0.717, 1.165) is 19.3 Å². The van der Waals surface area contributed by atoms with Crippen molar-refractivity contribution in [3.05, 3.63) is 69.5 Å². The van der Waals surface area contributed by atoms with Crippen molar-refractivity contribution in [2.24, 2.45) is 5.92 Å². The molecule has 0 atom stereocenters. The third-order valence-corrected chi connectivity index (χ3v) is 5.27. The molecule has 0 aromatic heterocycles. The Morgan fingerprint density at radius 3 is 1.85 bits per heavy atom. The number of hydrogen-bond acceptors (Lipinski definition) is 1. The fraction of sp³-hybridized carbons (Fsp3) is 0.538. The summed E-state index contributed by atoms with van der Waals surface area (Å²) in [6.07, 6.45) is 14.5. The van der Waals surface area contributed by atoms with Gasteiger partial charge in [0, 0.05) is 7.05 Å². The standard InChI is InChI=1S/C26H43N/c1-11-20(5)22(7)14-15-23(8)24(9)26(16-13-19(3)4)25(17-18-27-10)21(6)12-2/h14-19,27H,11-13H2,1-10H3/b15-14-,18-17-,22-20+,24-23+,25-21-,26-16-. The molecule has 0 saturated heterocycles. The van der Waals surface area contributed by atoms with Crippen LogP contribution in [-0.4, -0.2) is 7.05 Å². The average molecular weight is 370 g/mol. The van der Waals surface area contributed by atoms with Crippen molar-refractivity contribution in [1.82, 2.24) is 5.32 Å². The van der Waals surface area contributed by atoms with Crippen LogP contribution in [0.2, 0.25) is 0 Å². The second-order valence-corrected chi connectivity index (χ2v) is 7.88. The monoisotopic (exact) mass is 369 g/mol. The van der Waals surface area contributed by atoms with Gasteiger partial charge in [0.15, 0.2) is 0 Å². The highest BCUT2D eigenvalue weighted by Crippen LogP contribution is 2.29. The van der Waals surface area contributed by atoms with Gasteiger partial charge in [-0.05, 0) is 94.4 Å². The topological polar surface area (TPSA) is 12.0 Å². The van der Waals surface area contributed by atoms with Crippen molar-refractivity contribution in [2.45, 2.75) is 81.6 Å². The molecule has 0 aromatic rings. The van der Waals surface area contributed by atoms with E-state index in [0.29, 0.717) is 5.92 Å². The summed E-state index contributed by atoms with van der Waals surface area (Å²) in [4.78, 5) is 0. The molecule has 152 valence electrons. The number of allylic oxidation sites excluding steroid dienone is 11. The van der Waals surface area contributed by atoms with Crippen LogP contribution in [0.3, 0.4) is 0 Å². The van der Waals surface area contributed by atoms with Crippen molar-refractivity contribution in [3.63, 3.8) is 0 Å². The Kier molecular flexibility index (Phi) is 12.5. The second-order valence-electron chi connectivity index (χ2n) is 7.88. The van der Waals surface area contributed by atoms with Gasteiger partial charge in [-0.2, -0.15) is 0 Å². The normalized spacial score (nSPS) is 16.0. The van der Waals surface area contributed by atoms with Crippen LogP contribution in [0.25, 0.3) is 0 Å². The van der Waals surface area contributed by atoms with Crippen molar-refractivity contribution in [1.29, 1.82) is 0 Å². The molecule has 0 aliphatic heterocycles. The molecule has 0 radical (unpaired) electrons. The van der Waals surface area contributed by atoms with Crippen molar-refractivity contribution in [3.8, 4) is 0 Å². The molecule has 0 aromatic carbocycles.